The predicted molar refractivity (Wildman–Crippen MR) is 332 cm³/mol. The number of allylic oxidation sites excluding steroid dienone is 2. The van der Waals surface area contributed by atoms with E-state index in [0.717, 1.165) is 38.5 Å². The molecule has 0 saturated carbocycles. The summed E-state index contributed by atoms with van der Waals surface area (Å²) in [6.07, 6.45) is 70.6. The number of esters is 2. The molecule has 0 spiro atoms. The molecule has 0 aliphatic carbocycles. The largest absolute Gasteiger partial charge is 0.477 e. The van der Waals surface area contributed by atoms with Gasteiger partial charge < -0.3 is 28.5 Å². The Balaban J connectivity index is 3.89. The van der Waals surface area contributed by atoms with Crippen LogP contribution >= 0.6 is 0 Å². The Morgan fingerprint density at radius 1 is 0.372 bits per heavy atom. The van der Waals surface area contributed by atoms with E-state index in [9.17, 15) is 19.5 Å². The number of ether oxygens (including phenoxy) is 4. The van der Waals surface area contributed by atoms with Crippen LogP contribution in [-0.4, -0.2) is 87.4 Å². The van der Waals surface area contributed by atoms with E-state index >= 15 is 0 Å². The molecule has 9 heteroatoms. The molecule has 0 saturated heterocycles. The lowest BCUT2D eigenvalue weighted by Gasteiger charge is -2.25. The number of carbonyl (C=O) groups excluding carboxylic acids is 2. The number of aliphatic carboxylic acids is 1. The molecular weight excluding hydrogens is 971 g/mol. The Labute approximate surface area is 485 Å². The minimum Gasteiger partial charge on any atom is -0.477 e. The first-order chi connectivity index (χ1) is 38.1. The van der Waals surface area contributed by atoms with Crippen molar-refractivity contribution in [3.8, 4) is 0 Å². The topological polar surface area (TPSA) is 108 Å². The molecule has 0 fully saturated rings. The van der Waals surface area contributed by atoms with E-state index in [1.165, 1.54) is 289 Å². The number of carbonyl (C=O) groups is 3. The lowest BCUT2D eigenvalue weighted by atomic mass is 10.0. The lowest BCUT2D eigenvalue weighted by molar-refractivity contribution is -0.870. The van der Waals surface area contributed by atoms with Crippen LogP contribution in [0.5, 0.6) is 0 Å². The first kappa shape index (κ1) is 76.0. The maximum Gasteiger partial charge on any atom is 0.361 e. The molecule has 462 valence electrons. The zero-order chi connectivity index (χ0) is 56.9. The van der Waals surface area contributed by atoms with E-state index in [2.05, 4.69) is 26.0 Å². The van der Waals surface area contributed by atoms with Gasteiger partial charge in [-0.2, -0.15) is 0 Å². The summed E-state index contributed by atoms with van der Waals surface area (Å²) in [7, 11) is 5.99. The summed E-state index contributed by atoms with van der Waals surface area (Å²) < 4.78 is 22.9. The first-order valence-corrected chi connectivity index (χ1v) is 34.4. The van der Waals surface area contributed by atoms with Gasteiger partial charge in [-0.3, -0.25) is 9.59 Å². The van der Waals surface area contributed by atoms with E-state index in [0.29, 0.717) is 17.4 Å². The molecule has 0 aliphatic heterocycles. The van der Waals surface area contributed by atoms with Crippen LogP contribution in [-0.2, 0) is 33.3 Å². The van der Waals surface area contributed by atoms with Gasteiger partial charge in [0.05, 0.1) is 34.4 Å². The summed E-state index contributed by atoms with van der Waals surface area (Å²) in [5, 5.41) is 9.71. The highest BCUT2D eigenvalue weighted by Gasteiger charge is 2.25. The van der Waals surface area contributed by atoms with Crippen molar-refractivity contribution in [1.29, 1.82) is 0 Å². The van der Waals surface area contributed by atoms with Crippen molar-refractivity contribution in [2.24, 2.45) is 0 Å². The van der Waals surface area contributed by atoms with E-state index in [1.54, 1.807) is 0 Å². The van der Waals surface area contributed by atoms with Crippen molar-refractivity contribution >= 4 is 17.9 Å². The molecule has 2 atom stereocenters. The molecule has 0 aliphatic rings. The maximum atomic E-state index is 12.9. The van der Waals surface area contributed by atoms with Crippen LogP contribution in [0.25, 0.3) is 0 Å². The fourth-order valence-corrected chi connectivity index (χ4v) is 10.5. The van der Waals surface area contributed by atoms with Crippen molar-refractivity contribution < 1.29 is 42.9 Å². The minimum atomic E-state index is -1.50. The monoisotopic (exact) mass is 1110 g/mol. The van der Waals surface area contributed by atoms with Gasteiger partial charge in [0.25, 0.3) is 6.29 Å². The number of nitrogens with zero attached hydrogens (tertiary/aromatic N) is 1. The van der Waals surface area contributed by atoms with Gasteiger partial charge in [0.15, 0.2) is 6.10 Å². The van der Waals surface area contributed by atoms with Crippen LogP contribution in [0.4, 0.5) is 0 Å². The summed E-state index contributed by atoms with van der Waals surface area (Å²) in [4.78, 5) is 37.4. The molecule has 0 heterocycles. The number of rotatable bonds is 65. The second-order valence-corrected chi connectivity index (χ2v) is 24.8. The Morgan fingerprint density at radius 3 is 0.949 bits per heavy atom. The van der Waals surface area contributed by atoms with Crippen molar-refractivity contribution in [2.45, 2.75) is 367 Å². The highest BCUT2D eigenvalue weighted by molar-refractivity contribution is 5.71. The normalized spacial score (nSPS) is 12.7. The molecule has 0 amide bonds. The Hall–Kier alpha value is -1.97. The number of hydrogen-bond donors (Lipinski definition) is 1. The van der Waals surface area contributed by atoms with Crippen molar-refractivity contribution in [3.63, 3.8) is 0 Å². The average Bonchev–Trinajstić information content (AvgIpc) is 3.41. The van der Waals surface area contributed by atoms with E-state index in [-0.39, 0.29) is 38.2 Å². The predicted octanol–water partition coefficient (Wildman–Crippen LogP) is 20.9. The summed E-state index contributed by atoms with van der Waals surface area (Å²) >= 11 is 0. The standard InChI is InChI=1S/C69H133NO8/c1-6-8-10-12-14-16-18-20-22-23-24-25-26-27-28-29-30-31-32-33-34-35-36-37-38-39-40-41-42-43-44-45-46-48-50-52-54-56-58-60-67(72)78-65(64-77-69(68(73)74)75-62-61-70(3,4)5)63-76-66(71)59-57-55-53-51-49-47-21-19-17-15-13-11-9-7-2/h23-24,65,69H,6-22,25-64H2,1-5H3/p+1/b24-23-. The van der Waals surface area contributed by atoms with Gasteiger partial charge >= 0.3 is 17.9 Å². The average molecular weight is 1110 g/mol. The molecule has 0 bridgehead atoms. The molecule has 0 aromatic carbocycles. The Morgan fingerprint density at radius 2 is 0.654 bits per heavy atom. The smallest absolute Gasteiger partial charge is 0.361 e. The van der Waals surface area contributed by atoms with Crippen LogP contribution in [0.3, 0.4) is 0 Å². The molecule has 0 rings (SSSR count). The van der Waals surface area contributed by atoms with E-state index in [4.69, 9.17) is 18.9 Å². The van der Waals surface area contributed by atoms with Crippen molar-refractivity contribution in [2.75, 3.05) is 47.5 Å². The third kappa shape index (κ3) is 61.6. The molecule has 0 radical (unpaired) electrons. The van der Waals surface area contributed by atoms with Gasteiger partial charge in [0.1, 0.15) is 13.2 Å². The SMILES string of the molecule is CCCCCCCCCC/C=C\CCCCCCCCCCCCCCCCCCCCCCCCCCCCCC(=O)OC(COC(=O)CCCCCCCCCCCCCCCC)COC(OCC[N+](C)(C)C)C(=O)O. The maximum absolute atomic E-state index is 12.9. The van der Waals surface area contributed by atoms with E-state index in [1.807, 2.05) is 21.1 Å². The molecule has 78 heavy (non-hydrogen) atoms. The first-order valence-electron chi connectivity index (χ1n) is 34.4. The zero-order valence-electron chi connectivity index (χ0n) is 52.9. The number of likely N-dealkylation sites (N-methyl/N-ethyl adjacent to an activating group) is 1. The van der Waals surface area contributed by atoms with Gasteiger partial charge in [-0.05, 0) is 38.5 Å². The highest BCUT2D eigenvalue weighted by Crippen LogP contribution is 2.19. The molecule has 2 unspecified atom stereocenters. The number of hydrogen-bond acceptors (Lipinski definition) is 7. The summed E-state index contributed by atoms with van der Waals surface area (Å²) in [5.41, 5.74) is 0. The van der Waals surface area contributed by atoms with Crippen molar-refractivity contribution in [3.05, 3.63) is 12.2 Å². The van der Waals surface area contributed by atoms with Crippen LogP contribution in [0.1, 0.15) is 354 Å². The van der Waals surface area contributed by atoms with Gasteiger partial charge in [0.2, 0.25) is 0 Å². The summed E-state index contributed by atoms with van der Waals surface area (Å²) in [6.45, 7) is 4.94. The van der Waals surface area contributed by atoms with E-state index < -0.39 is 18.4 Å². The van der Waals surface area contributed by atoms with Gasteiger partial charge in [-0.15, -0.1) is 0 Å². The van der Waals surface area contributed by atoms with Crippen LogP contribution in [0, 0.1) is 0 Å². The number of quaternary nitrogens is 1. The summed E-state index contributed by atoms with van der Waals surface area (Å²) in [6, 6.07) is 0. The third-order valence-electron chi connectivity index (χ3n) is 15.8. The third-order valence-corrected chi connectivity index (χ3v) is 15.8. The van der Waals surface area contributed by atoms with Crippen molar-refractivity contribution in [1.82, 2.24) is 0 Å². The van der Waals surface area contributed by atoms with Crippen LogP contribution in [0.2, 0.25) is 0 Å². The second-order valence-electron chi connectivity index (χ2n) is 24.8. The highest BCUT2D eigenvalue weighted by atomic mass is 16.7. The zero-order valence-corrected chi connectivity index (χ0v) is 52.9. The molecule has 9 nitrogen and oxygen atoms in total. The van der Waals surface area contributed by atoms with Crippen LogP contribution in [0.15, 0.2) is 12.2 Å². The quantitative estimate of drug-likeness (QED) is 0.0211. The van der Waals surface area contributed by atoms with Crippen LogP contribution < -0.4 is 0 Å². The Kier molecular flexibility index (Phi) is 59.6. The molecule has 0 aromatic heterocycles. The summed E-state index contributed by atoms with van der Waals surface area (Å²) in [5.74, 6) is -1.97. The minimum absolute atomic E-state index is 0.173. The number of carboxylic acid groups (broad SMARTS) is 1. The fourth-order valence-electron chi connectivity index (χ4n) is 10.5. The number of unbranched alkanes of at least 4 members (excludes halogenated alkanes) is 48. The molecule has 1 N–H and O–H groups in total. The number of carboxylic acids is 1. The van der Waals surface area contributed by atoms with Gasteiger partial charge in [-0.25, -0.2) is 4.79 Å². The lowest BCUT2D eigenvalue weighted by Crippen LogP contribution is -2.40. The molecule has 0 aromatic rings. The van der Waals surface area contributed by atoms with Gasteiger partial charge in [0, 0.05) is 12.8 Å². The second kappa shape index (κ2) is 61.1. The molecular formula is C69H134NO8+. The fraction of sp³-hybridized carbons (Fsp3) is 0.928. The van der Waals surface area contributed by atoms with Gasteiger partial charge in [-0.1, -0.05) is 315 Å². The Bertz CT molecular complexity index is 1280.